The van der Waals surface area contributed by atoms with E-state index in [9.17, 15) is 30.0 Å². The Morgan fingerprint density at radius 1 is 0.524 bits per heavy atom. The predicted molar refractivity (Wildman–Crippen MR) is 156 cm³/mol. The third-order valence-electron chi connectivity index (χ3n) is 6.34. The van der Waals surface area contributed by atoms with Crippen molar-refractivity contribution in [2.24, 2.45) is 0 Å². The molecule has 0 atom stereocenters. The Kier molecular flexibility index (Phi) is 7.44. The van der Waals surface area contributed by atoms with Crippen molar-refractivity contribution < 1.29 is 38.7 Å². The van der Waals surface area contributed by atoms with Crippen molar-refractivity contribution in [1.29, 1.82) is 0 Å². The topological polar surface area (TPSA) is 160 Å². The molecule has 2 aromatic heterocycles. The first kappa shape index (κ1) is 27.7. The molecule has 4 N–H and O–H groups in total. The molecule has 0 aliphatic rings. The molecule has 0 unspecified atom stereocenters. The van der Waals surface area contributed by atoms with Crippen LogP contribution in [0.1, 0.15) is 0 Å². The predicted octanol–water partition coefficient (Wildman–Crippen LogP) is 5.76. The van der Waals surface area contributed by atoms with Crippen LogP contribution in [0.2, 0.25) is 0 Å². The van der Waals surface area contributed by atoms with Gasteiger partial charge in [-0.3, -0.25) is 9.59 Å². The summed E-state index contributed by atoms with van der Waals surface area (Å²) in [6.45, 7) is 0. The molecule has 42 heavy (non-hydrogen) atoms. The van der Waals surface area contributed by atoms with E-state index in [1.165, 1.54) is 43.5 Å². The first-order valence-corrected chi connectivity index (χ1v) is 12.5. The van der Waals surface area contributed by atoms with Gasteiger partial charge in [0.05, 0.1) is 14.2 Å². The van der Waals surface area contributed by atoms with Crippen LogP contribution in [0.3, 0.4) is 0 Å². The fraction of sp³-hybridized carbons (Fsp3) is 0.0625. The van der Waals surface area contributed by atoms with Crippen molar-refractivity contribution in [3.63, 3.8) is 0 Å². The maximum absolute atomic E-state index is 12.2. The van der Waals surface area contributed by atoms with Gasteiger partial charge in [-0.1, -0.05) is 0 Å². The summed E-state index contributed by atoms with van der Waals surface area (Å²) in [5, 5.41) is 38.5. The Morgan fingerprint density at radius 3 is 1.52 bits per heavy atom. The van der Waals surface area contributed by atoms with Gasteiger partial charge in [-0.25, -0.2) is 0 Å². The van der Waals surface area contributed by atoms with Crippen molar-refractivity contribution >= 4 is 21.9 Å². The molecule has 0 amide bonds. The highest BCUT2D eigenvalue weighted by molar-refractivity contribution is 5.87. The Balaban J connectivity index is 0.000000169. The molecule has 2 heterocycles. The van der Waals surface area contributed by atoms with Crippen LogP contribution in [0.25, 0.3) is 44.6 Å². The lowest BCUT2D eigenvalue weighted by Crippen LogP contribution is -2.01. The van der Waals surface area contributed by atoms with Crippen LogP contribution in [-0.2, 0) is 0 Å². The summed E-state index contributed by atoms with van der Waals surface area (Å²) in [6.07, 6.45) is 0. The van der Waals surface area contributed by atoms with E-state index in [2.05, 4.69) is 0 Å². The molecule has 0 radical (unpaired) electrons. The second-order valence-electron chi connectivity index (χ2n) is 9.08. The summed E-state index contributed by atoms with van der Waals surface area (Å²) in [5.74, 6) is 1.25. The SMILES string of the molecule is COc1ccc(-c2cc(=O)c3c(O)cc(OC)cc3o2)cc1.O=c1cc(-c2ccc(O)cc2)oc2cc(O)cc(O)c12. The Hall–Kier alpha value is -5.90. The summed E-state index contributed by atoms with van der Waals surface area (Å²) in [5.41, 5.74) is 0.985. The van der Waals surface area contributed by atoms with Gasteiger partial charge >= 0.3 is 0 Å². The number of rotatable bonds is 4. The lowest BCUT2D eigenvalue weighted by molar-refractivity contribution is 0.408. The van der Waals surface area contributed by atoms with Crippen LogP contribution < -0.4 is 20.3 Å². The summed E-state index contributed by atoms with van der Waals surface area (Å²) in [6, 6.07) is 21.2. The first-order chi connectivity index (χ1) is 20.2. The lowest BCUT2D eigenvalue weighted by atomic mass is 10.1. The summed E-state index contributed by atoms with van der Waals surface area (Å²) in [7, 11) is 3.06. The standard InChI is InChI=1S/C17H14O5.C15H10O5/c1-20-11-5-3-10(4-6-11)15-9-14(19)17-13(18)7-12(21-2)8-16(17)22-15;16-9-3-1-8(2-4-9)13-7-12(19)15-11(18)5-10(17)6-14(15)20-13/h3-9,18H,1-2H3;1-7,16-18H. The third kappa shape index (κ3) is 5.54. The van der Waals surface area contributed by atoms with E-state index in [1.807, 2.05) is 0 Å². The lowest BCUT2D eigenvalue weighted by Gasteiger charge is -2.07. The molecule has 0 bridgehead atoms. The maximum Gasteiger partial charge on any atom is 0.197 e. The fourth-order valence-corrected chi connectivity index (χ4v) is 4.28. The van der Waals surface area contributed by atoms with Crippen LogP contribution in [0.5, 0.6) is 34.5 Å². The van der Waals surface area contributed by atoms with E-state index in [4.69, 9.17) is 18.3 Å². The normalized spacial score (nSPS) is 10.7. The average molecular weight is 569 g/mol. The molecule has 4 aromatic carbocycles. The van der Waals surface area contributed by atoms with E-state index >= 15 is 0 Å². The smallest absolute Gasteiger partial charge is 0.197 e. The van der Waals surface area contributed by atoms with Gasteiger partial charge in [0.25, 0.3) is 0 Å². The van der Waals surface area contributed by atoms with E-state index in [0.717, 1.165) is 11.6 Å². The number of aromatic hydroxyl groups is 4. The fourth-order valence-electron chi connectivity index (χ4n) is 4.28. The molecule has 10 nitrogen and oxygen atoms in total. The van der Waals surface area contributed by atoms with E-state index < -0.39 is 5.43 Å². The van der Waals surface area contributed by atoms with Crippen LogP contribution in [0, 0.1) is 0 Å². The van der Waals surface area contributed by atoms with Gasteiger partial charge in [-0.05, 0) is 48.5 Å². The molecule has 0 saturated heterocycles. The minimum Gasteiger partial charge on any atom is -0.508 e. The second-order valence-corrected chi connectivity index (χ2v) is 9.08. The molecule has 0 saturated carbocycles. The molecular weight excluding hydrogens is 544 g/mol. The summed E-state index contributed by atoms with van der Waals surface area (Å²) >= 11 is 0. The van der Waals surface area contributed by atoms with Crippen LogP contribution in [-0.4, -0.2) is 34.6 Å². The van der Waals surface area contributed by atoms with Gasteiger partial charge in [0.2, 0.25) is 0 Å². The molecule has 0 spiro atoms. The van der Waals surface area contributed by atoms with Gasteiger partial charge in [-0.15, -0.1) is 0 Å². The van der Waals surface area contributed by atoms with Crippen molar-refractivity contribution in [2.45, 2.75) is 0 Å². The quantitative estimate of drug-likeness (QED) is 0.206. The van der Waals surface area contributed by atoms with E-state index in [0.29, 0.717) is 22.8 Å². The first-order valence-electron chi connectivity index (χ1n) is 12.5. The highest BCUT2D eigenvalue weighted by Gasteiger charge is 2.14. The number of fused-ring (bicyclic) bond motifs is 2. The number of phenols is 4. The molecule has 10 heteroatoms. The highest BCUT2D eigenvalue weighted by atomic mass is 16.5. The van der Waals surface area contributed by atoms with Crippen molar-refractivity contribution in [3.05, 3.63) is 105 Å². The van der Waals surface area contributed by atoms with Gasteiger partial charge in [0.15, 0.2) is 10.9 Å². The number of methoxy groups -OCH3 is 2. The zero-order chi connectivity index (χ0) is 30.0. The minimum absolute atomic E-state index is 0.0188. The van der Waals surface area contributed by atoms with E-state index in [-0.39, 0.29) is 56.1 Å². The van der Waals surface area contributed by atoms with Crippen LogP contribution in [0.4, 0.5) is 0 Å². The molecule has 0 aliphatic carbocycles. The molecule has 6 rings (SSSR count). The molecular formula is C32H24O10. The van der Waals surface area contributed by atoms with Crippen molar-refractivity contribution in [2.75, 3.05) is 14.2 Å². The van der Waals surface area contributed by atoms with Crippen molar-refractivity contribution in [1.82, 2.24) is 0 Å². The number of ether oxygens (including phenoxy) is 2. The Labute approximate surface area is 237 Å². The van der Waals surface area contributed by atoms with Crippen LogP contribution in [0.15, 0.2) is 103 Å². The molecule has 212 valence electrons. The minimum atomic E-state index is -0.410. The molecule has 0 fully saturated rings. The number of benzene rings is 4. The number of phenolic OH excluding ortho intramolecular Hbond substituents is 4. The van der Waals surface area contributed by atoms with Crippen LogP contribution >= 0.6 is 0 Å². The van der Waals surface area contributed by atoms with E-state index in [1.54, 1.807) is 49.6 Å². The summed E-state index contributed by atoms with van der Waals surface area (Å²) < 4.78 is 21.5. The van der Waals surface area contributed by atoms with Gasteiger partial charge in [-0.2, -0.15) is 0 Å². The van der Waals surface area contributed by atoms with Gasteiger partial charge in [0, 0.05) is 47.5 Å². The largest absolute Gasteiger partial charge is 0.508 e. The molecule has 0 aliphatic heterocycles. The summed E-state index contributed by atoms with van der Waals surface area (Å²) in [4.78, 5) is 24.3. The van der Waals surface area contributed by atoms with Crippen molar-refractivity contribution in [3.8, 4) is 57.1 Å². The molecule has 6 aromatic rings. The Bertz CT molecular complexity index is 2020. The second kappa shape index (κ2) is 11.3. The number of hydrogen-bond acceptors (Lipinski definition) is 10. The highest BCUT2D eigenvalue weighted by Crippen LogP contribution is 2.32. The third-order valence-corrected chi connectivity index (χ3v) is 6.34. The van der Waals surface area contributed by atoms with Gasteiger partial charge < -0.3 is 38.7 Å². The number of hydrogen-bond donors (Lipinski definition) is 4. The zero-order valence-corrected chi connectivity index (χ0v) is 22.3. The average Bonchev–Trinajstić information content (AvgIpc) is 2.96. The van der Waals surface area contributed by atoms with Gasteiger partial charge in [0.1, 0.15) is 68.0 Å². The Morgan fingerprint density at radius 2 is 1.00 bits per heavy atom. The monoisotopic (exact) mass is 568 g/mol. The zero-order valence-electron chi connectivity index (χ0n) is 22.3. The maximum atomic E-state index is 12.2.